The monoisotopic (exact) mass is 188 g/mol. The van der Waals surface area contributed by atoms with Gasteiger partial charge in [-0.1, -0.05) is 0 Å². The largest absolute Gasteiger partial charge is 0.478 e. The predicted molar refractivity (Wildman–Crippen MR) is 47.9 cm³/mol. The number of pyridine rings is 1. The summed E-state index contributed by atoms with van der Waals surface area (Å²) >= 11 is 0. The van der Waals surface area contributed by atoms with Crippen LogP contribution in [-0.4, -0.2) is 16.1 Å². The molecule has 0 amide bonds. The Balaban J connectivity index is 2.45. The van der Waals surface area contributed by atoms with Gasteiger partial charge < -0.3 is 5.11 Å². The third-order valence-corrected chi connectivity index (χ3v) is 2.25. The molecule has 0 radical (unpaired) electrons. The second kappa shape index (κ2) is 3.11. The summed E-state index contributed by atoms with van der Waals surface area (Å²) < 4.78 is 0. The molecule has 0 saturated heterocycles. The maximum Gasteiger partial charge on any atom is 0.338 e. The van der Waals surface area contributed by atoms with Crippen molar-refractivity contribution in [2.75, 3.05) is 0 Å². The van der Waals surface area contributed by atoms with Crippen LogP contribution >= 0.6 is 0 Å². The van der Waals surface area contributed by atoms with Gasteiger partial charge in [0.2, 0.25) is 0 Å². The molecule has 70 valence electrons. The Morgan fingerprint density at radius 3 is 2.79 bits per heavy atom. The maximum atomic E-state index is 10.7. The van der Waals surface area contributed by atoms with Gasteiger partial charge >= 0.3 is 5.97 Å². The van der Waals surface area contributed by atoms with Crippen LogP contribution in [0.3, 0.4) is 0 Å². The van der Waals surface area contributed by atoms with Crippen molar-refractivity contribution in [1.29, 1.82) is 5.26 Å². The smallest absolute Gasteiger partial charge is 0.338 e. The molecular formula is C10H8N2O2. The van der Waals surface area contributed by atoms with Crippen LogP contribution in [0.2, 0.25) is 0 Å². The molecule has 1 aromatic heterocycles. The quantitative estimate of drug-likeness (QED) is 0.763. The number of aromatic carboxylic acids is 1. The molecule has 1 heterocycles. The zero-order valence-electron chi connectivity index (χ0n) is 7.40. The van der Waals surface area contributed by atoms with E-state index in [0.717, 1.165) is 18.5 Å². The van der Waals surface area contributed by atoms with Crippen LogP contribution in [0.1, 0.15) is 40.5 Å². The van der Waals surface area contributed by atoms with Crippen LogP contribution in [-0.2, 0) is 0 Å². The van der Waals surface area contributed by atoms with E-state index in [1.807, 2.05) is 6.07 Å². The van der Waals surface area contributed by atoms with E-state index in [9.17, 15) is 4.79 Å². The highest BCUT2D eigenvalue weighted by atomic mass is 16.4. The molecule has 1 N–H and O–H groups in total. The van der Waals surface area contributed by atoms with E-state index in [2.05, 4.69) is 4.98 Å². The van der Waals surface area contributed by atoms with Crippen molar-refractivity contribution in [3.63, 3.8) is 0 Å². The Morgan fingerprint density at radius 2 is 2.29 bits per heavy atom. The highest BCUT2D eigenvalue weighted by molar-refractivity contribution is 5.89. The summed E-state index contributed by atoms with van der Waals surface area (Å²) in [6.45, 7) is 0. The molecule has 0 aromatic carbocycles. The summed E-state index contributed by atoms with van der Waals surface area (Å²) in [6.07, 6.45) is 2.18. The molecule has 2 rings (SSSR count). The first kappa shape index (κ1) is 8.70. The van der Waals surface area contributed by atoms with Gasteiger partial charge in [-0.2, -0.15) is 5.26 Å². The van der Waals surface area contributed by atoms with Crippen LogP contribution in [0.25, 0.3) is 0 Å². The minimum atomic E-state index is -1.10. The molecule has 4 heteroatoms. The normalized spacial score (nSPS) is 14.8. The summed E-state index contributed by atoms with van der Waals surface area (Å²) in [6, 6.07) is 4.96. The van der Waals surface area contributed by atoms with Crippen LogP contribution in [0, 0.1) is 11.3 Å². The zero-order valence-corrected chi connectivity index (χ0v) is 7.40. The van der Waals surface area contributed by atoms with Crippen molar-refractivity contribution >= 4 is 5.97 Å². The van der Waals surface area contributed by atoms with E-state index in [-0.39, 0.29) is 11.3 Å². The van der Waals surface area contributed by atoms with Gasteiger partial charge in [0, 0.05) is 11.6 Å². The van der Waals surface area contributed by atoms with E-state index in [4.69, 9.17) is 10.4 Å². The number of carbonyl (C=O) groups is 1. The van der Waals surface area contributed by atoms with Gasteiger partial charge in [-0.05, 0) is 25.0 Å². The number of hydrogen-bond donors (Lipinski definition) is 1. The van der Waals surface area contributed by atoms with Crippen molar-refractivity contribution in [3.05, 3.63) is 29.1 Å². The van der Waals surface area contributed by atoms with Crippen LogP contribution < -0.4 is 0 Å². The molecule has 1 aromatic rings. The summed E-state index contributed by atoms with van der Waals surface area (Å²) in [7, 11) is 0. The Kier molecular flexibility index (Phi) is 1.93. The van der Waals surface area contributed by atoms with Gasteiger partial charge in [-0.25, -0.2) is 9.78 Å². The van der Waals surface area contributed by atoms with Crippen molar-refractivity contribution in [1.82, 2.24) is 4.98 Å². The molecule has 0 unspecified atom stereocenters. The number of rotatable bonds is 2. The first-order valence-corrected chi connectivity index (χ1v) is 4.36. The molecule has 14 heavy (non-hydrogen) atoms. The summed E-state index contributed by atoms with van der Waals surface area (Å²) in [5.41, 5.74) is 0.838. The topological polar surface area (TPSA) is 74.0 Å². The van der Waals surface area contributed by atoms with Crippen LogP contribution in [0.4, 0.5) is 0 Å². The molecule has 0 bridgehead atoms. The van der Waals surface area contributed by atoms with E-state index >= 15 is 0 Å². The van der Waals surface area contributed by atoms with E-state index in [1.165, 1.54) is 6.07 Å². The molecule has 0 spiro atoms. The second-order valence-electron chi connectivity index (χ2n) is 3.32. The summed E-state index contributed by atoms with van der Waals surface area (Å²) in [5, 5.41) is 17.5. The number of carboxylic acids is 1. The van der Waals surface area contributed by atoms with E-state index < -0.39 is 5.97 Å². The minimum absolute atomic E-state index is 0.0156. The molecule has 1 saturated carbocycles. The first-order valence-electron chi connectivity index (χ1n) is 4.36. The lowest BCUT2D eigenvalue weighted by molar-refractivity contribution is 0.0696. The summed E-state index contributed by atoms with van der Waals surface area (Å²) in [5.74, 6) is -0.665. The molecule has 0 atom stereocenters. The SMILES string of the molecule is N#Cc1nc(C2CC2)ccc1C(=O)O. The molecule has 1 aliphatic carbocycles. The number of nitriles is 1. The Labute approximate surface area is 80.8 Å². The summed E-state index contributed by atoms with van der Waals surface area (Å²) in [4.78, 5) is 14.7. The first-order chi connectivity index (χ1) is 6.72. The van der Waals surface area contributed by atoms with Gasteiger partial charge in [0.25, 0.3) is 0 Å². The van der Waals surface area contributed by atoms with Crippen molar-refractivity contribution in [3.8, 4) is 6.07 Å². The van der Waals surface area contributed by atoms with Crippen LogP contribution in [0.15, 0.2) is 12.1 Å². The van der Waals surface area contributed by atoms with E-state index in [0.29, 0.717) is 5.92 Å². The predicted octanol–water partition coefficient (Wildman–Crippen LogP) is 1.53. The zero-order chi connectivity index (χ0) is 10.1. The number of hydrogen-bond acceptors (Lipinski definition) is 3. The standard InChI is InChI=1S/C10H8N2O2/c11-5-9-7(10(13)14)3-4-8(12-9)6-1-2-6/h3-4,6H,1-2H2,(H,13,14). The lowest BCUT2D eigenvalue weighted by atomic mass is 10.1. The van der Waals surface area contributed by atoms with Crippen LogP contribution in [0.5, 0.6) is 0 Å². The van der Waals surface area contributed by atoms with Gasteiger partial charge in [0.15, 0.2) is 5.69 Å². The Hall–Kier alpha value is -1.89. The maximum absolute atomic E-state index is 10.7. The fourth-order valence-electron chi connectivity index (χ4n) is 1.34. The number of nitrogens with zero attached hydrogens (tertiary/aromatic N) is 2. The van der Waals surface area contributed by atoms with Crippen molar-refractivity contribution < 1.29 is 9.90 Å². The second-order valence-corrected chi connectivity index (χ2v) is 3.32. The Morgan fingerprint density at radius 1 is 1.57 bits per heavy atom. The third-order valence-electron chi connectivity index (χ3n) is 2.25. The lowest BCUT2D eigenvalue weighted by Gasteiger charge is -2.00. The van der Waals surface area contributed by atoms with Crippen molar-refractivity contribution in [2.24, 2.45) is 0 Å². The van der Waals surface area contributed by atoms with Gasteiger partial charge in [0.1, 0.15) is 6.07 Å². The molecular weight excluding hydrogens is 180 g/mol. The van der Waals surface area contributed by atoms with Gasteiger partial charge in [-0.15, -0.1) is 0 Å². The molecule has 1 fully saturated rings. The Bertz CT molecular complexity index is 430. The third kappa shape index (κ3) is 1.44. The highest BCUT2D eigenvalue weighted by Gasteiger charge is 2.26. The van der Waals surface area contributed by atoms with E-state index in [1.54, 1.807) is 6.07 Å². The number of aromatic nitrogens is 1. The van der Waals surface area contributed by atoms with Crippen molar-refractivity contribution in [2.45, 2.75) is 18.8 Å². The van der Waals surface area contributed by atoms with Gasteiger partial charge in [-0.3, -0.25) is 0 Å². The fraction of sp³-hybridized carbons (Fsp3) is 0.300. The highest BCUT2D eigenvalue weighted by Crippen LogP contribution is 2.39. The average molecular weight is 188 g/mol. The molecule has 1 aliphatic rings. The molecule has 4 nitrogen and oxygen atoms in total. The molecule has 0 aliphatic heterocycles. The average Bonchev–Trinajstić information content (AvgIpc) is 3.00. The van der Waals surface area contributed by atoms with Gasteiger partial charge in [0.05, 0.1) is 5.56 Å². The minimum Gasteiger partial charge on any atom is -0.478 e. The number of carboxylic acid groups (broad SMARTS) is 1. The fourth-order valence-corrected chi connectivity index (χ4v) is 1.34. The lowest BCUT2D eigenvalue weighted by Crippen LogP contribution is -2.03.